The van der Waals surface area contributed by atoms with Crippen molar-refractivity contribution in [2.45, 2.75) is 38.6 Å². The van der Waals surface area contributed by atoms with Gasteiger partial charge in [0.15, 0.2) is 0 Å². The van der Waals surface area contributed by atoms with Gasteiger partial charge in [-0.2, -0.15) is 0 Å². The van der Waals surface area contributed by atoms with Crippen molar-refractivity contribution in [1.82, 2.24) is 0 Å². The molecule has 2 aliphatic heterocycles. The monoisotopic (exact) mass is 274 g/mol. The van der Waals surface area contributed by atoms with E-state index in [-0.39, 0.29) is 0 Å². The van der Waals surface area contributed by atoms with Crippen LogP contribution in [0.2, 0.25) is 0 Å². The van der Waals surface area contributed by atoms with Crippen LogP contribution in [0.25, 0.3) is 0 Å². The molecule has 0 saturated carbocycles. The molecule has 2 heterocycles. The summed E-state index contributed by atoms with van der Waals surface area (Å²) in [5.74, 6) is 0.683. The molecule has 0 spiro atoms. The van der Waals surface area contributed by atoms with Crippen molar-refractivity contribution in [2.24, 2.45) is 5.92 Å². The molecular weight excluding hydrogens is 248 g/mol. The van der Waals surface area contributed by atoms with Gasteiger partial charge in [-0.05, 0) is 62.3 Å². The summed E-state index contributed by atoms with van der Waals surface area (Å²) in [6, 6.07) is 7.45. The van der Waals surface area contributed by atoms with Gasteiger partial charge < -0.3 is 15.0 Å². The highest BCUT2D eigenvalue weighted by atomic mass is 16.5. The summed E-state index contributed by atoms with van der Waals surface area (Å²) in [7, 11) is 2.20. The summed E-state index contributed by atoms with van der Waals surface area (Å²) in [6.07, 6.45) is 4.94. The molecule has 2 atom stereocenters. The van der Waals surface area contributed by atoms with E-state index in [9.17, 15) is 0 Å². The zero-order chi connectivity index (χ0) is 13.9. The first-order valence-corrected chi connectivity index (χ1v) is 7.91. The number of fused-ring (bicyclic) bond motifs is 1. The molecule has 1 fully saturated rings. The molecule has 1 aromatic rings. The second kappa shape index (κ2) is 6.04. The van der Waals surface area contributed by atoms with Crippen molar-refractivity contribution < 1.29 is 4.74 Å². The Morgan fingerprint density at radius 3 is 3.05 bits per heavy atom. The molecule has 20 heavy (non-hydrogen) atoms. The van der Waals surface area contributed by atoms with Gasteiger partial charge in [0.2, 0.25) is 0 Å². The van der Waals surface area contributed by atoms with Gasteiger partial charge in [-0.1, -0.05) is 0 Å². The van der Waals surface area contributed by atoms with Crippen molar-refractivity contribution in [2.75, 3.05) is 37.0 Å². The minimum atomic E-state index is 0.602. The first-order valence-electron chi connectivity index (χ1n) is 7.91. The van der Waals surface area contributed by atoms with Gasteiger partial charge in [-0.25, -0.2) is 0 Å². The van der Waals surface area contributed by atoms with Crippen LogP contribution in [-0.2, 0) is 11.2 Å². The summed E-state index contributed by atoms with van der Waals surface area (Å²) >= 11 is 0. The number of aryl methyl sites for hydroxylation is 1. The van der Waals surface area contributed by atoms with Crippen molar-refractivity contribution in [1.29, 1.82) is 0 Å². The molecular formula is C17H26N2O. The lowest BCUT2D eigenvalue weighted by molar-refractivity contribution is 0.0576. The molecule has 3 nitrogen and oxygen atoms in total. The Labute approximate surface area is 122 Å². The number of rotatable bonds is 3. The topological polar surface area (TPSA) is 24.5 Å². The fourth-order valence-electron chi connectivity index (χ4n) is 3.32. The van der Waals surface area contributed by atoms with Gasteiger partial charge in [0.1, 0.15) is 0 Å². The van der Waals surface area contributed by atoms with Crippen molar-refractivity contribution in [3.63, 3.8) is 0 Å². The van der Waals surface area contributed by atoms with E-state index < -0.39 is 0 Å². The third-order valence-electron chi connectivity index (χ3n) is 4.56. The molecule has 2 aliphatic rings. The van der Waals surface area contributed by atoms with E-state index in [0.29, 0.717) is 12.0 Å². The Balaban J connectivity index is 1.67. The number of nitrogens with one attached hydrogen (secondary N) is 1. The predicted octanol–water partition coefficient (Wildman–Crippen LogP) is 3.30. The molecule has 0 aromatic heterocycles. The molecule has 0 radical (unpaired) electrons. The van der Waals surface area contributed by atoms with E-state index in [1.807, 2.05) is 0 Å². The quantitative estimate of drug-likeness (QED) is 0.915. The smallest absolute Gasteiger partial charge is 0.0511 e. The lowest BCUT2D eigenvalue weighted by atomic mass is 9.97. The normalized spacial score (nSPS) is 25.7. The minimum absolute atomic E-state index is 0.602. The van der Waals surface area contributed by atoms with Crippen LogP contribution in [0.15, 0.2) is 18.2 Å². The fourth-order valence-corrected chi connectivity index (χ4v) is 3.32. The van der Waals surface area contributed by atoms with Crippen LogP contribution in [-0.4, -0.2) is 32.8 Å². The summed E-state index contributed by atoms with van der Waals surface area (Å²) in [4.78, 5) is 2.39. The van der Waals surface area contributed by atoms with Crippen LogP contribution in [0, 0.1) is 5.92 Å². The Morgan fingerprint density at radius 1 is 1.35 bits per heavy atom. The first-order chi connectivity index (χ1) is 9.72. The van der Waals surface area contributed by atoms with Crippen LogP contribution in [0.1, 0.15) is 31.7 Å². The van der Waals surface area contributed by atoms with E-state index >= 15 is 0 Å². The summed E-state index contributed by atoms with van der Waals surface area (Å²) in [6.45, 7) is 5.23. The minimum Gasteiger partial charge on any atom is -0.382 e. The Morgan fingerprint density at radius 2 is 2.25 bits per heavy atom. The molecule has 3 heteroatoms. The standard InChI is InChI=1S/C17H26N2O/c1-13-5-6-15-10-16(7-8-17(15)18-13)19(2)11-14-4-3-9-20-12-14/h7-8,10,13-14,18H,3-6,9,11-12H2,1-2H3. The van der Waals surface area contributed by atoms with Crippen molar-refractivity contribution in [3.05, 3.63) is 23.8 Å². The summed E-state index contributed by atoms with van der Waals surface area (Å²) in [5.41, 5.74) is 4.12. The maximum absolute atomic E-state index is 5.58. The predicted molar refractivity (Wildman–Crippen MR) is 84.7 cm³/mol. The molecule has 1 N–H and O–H groups in total. The molecule has 0 aliphatic carbocycles. The Kier molecular flexibility index (Phi) is 4.16. The average molecular weight is 274 g/mol. The Bertz CT molecular complexity index is 454. The van der Waals surface area contributed by atoms with Crippen molar-refractivity contribution in [3.8, 4) is 0 Å². The maximum Gasteiger partial charge on any atom is 0.0511 e. The molecule has 1 saturated heterocycles. The third kappa shape index (κ3) is 3.09. The Hall–Kier alpha value is -1.22. The van der Waals surface area contributed by atoms with Gasteiger partial charge in [0.25, 0.3) is 0 Å². The molecule has 0 bridgehead atoms. The first kappa shape index (κ1) is 13.7. The van der Waals surface area contributed by atoms with Crippen molar-refractivity contribution >= 4 is 11.4 Å². The molecule has 3 rings (SSSR count). The van der Waals surface area contributed by atoms with Crippen LogP contribution < -0.4 is 10.2 Å². The SMILES string of the molecule is CC1CCc2cc(N(C)CC3CCCOC3)ccc2N1. The maximum atomic E-state index is 5.58. The highest BCUT2D eigenvalue weighted by Crippen LogP contribution is 2.29. The fraction of sp³-hybridized carbons (Fsp3) is 0.647. The second-order valence-electron chi connectivity index (χ2n) is 6.39. The lowest BCUT2D eigenvalue weighted by Crippen LogP contribution is -2.31. The number of ether oxygens (including phenoxy) is 1. The van der Waals surface area contributed by atoms with E-state index in [1.165, 1.54) is 42.6 Å². The van der Waals surface area contributed by atoms with E-state index in [4.69, 9.17) is 4.74 Å². The van der Waals surface area contributed by atoms with Gasteiger partial charge in [0, 0.05) is 37.6 Å². The third-order valence-corrected chi connectivity index (χ3v) is 4.56. The van der Waals surface area contributed by atoms with Gasteiger partial charge in [0.05, 0.1) is 6.61 Å². The van der Waals surface area contributed by atoms with Gasteiger partial charge in [-0.3, -0.25) is 0 Å². The van der Waals surface area contributed by atoms with E-state index in [2.05, 4.69) is 42.4 Å². The summed E-state index contributed by atoms with van der Waals surface area (Å²) < 4.78 is 5.58. The number of hydrogen-bond donors (Lipinski definition) is 1. The molecule has 110 valence electrons. The van der Waals surface area contributed by atoms with Crippen LogP contribution in [0.4, 0.5) is 11.4 Å². The zero-order valence-corrected chi connectivity index (χ0v) is 12.7. The van der Waals surface area contributed by atoms with Gasteiger partial charge in [-0.15, -0.1) is 0 Å². The largest absolute Gasteiger partial charge is 0.382 e. The van der Waals surface area contributed by atoms with Crippen LogP contribution in [0.5, 0.6) is 0 Å². The number of anilines is 2. The van der Waals surface area contributed by atoms with Crippen LogP contribution in [0.3, 0.4) is 0 Å². The number of nitrogens with zero attached hydrogens (tertiary/aromatic N) is 1. The summed E-state index contributed by atoms with van der Waals surface area (Å²) in [5, 5.41) is 3.57. The lowest BCUT2D eigenvalue weighted by Gasteiger charge is -2.30. The number of hydrogen-bond acceptors (Lipinski definition) is 3. The second-order valence-corrected chi connectivity index (χ2v) is 6.39. The molecule has 2 unspecified atom stereocenters. The molecule has 1 aromatic carbocycles. The zero-order valence-electron chi connectivity index (χ0n) is 12.7. The van der Waals surface area contributed by atoms with E-state index in [1.54, 1.807) is 0 Å². The van der Waals surface area contributed by atoms with Gasteiger partial charge >= 0.3 is 0 Å². The highest BCUT2D eigenvalue weighted by molar-refractivity contribution is 5.62. The number of benzene rings is 1. The van der Waals surface area contributed by atoms with Crippen LogP contribution >= 0.6 is 0 Å². The molecule has 0 amide bonds. The highest BCUT2D eigenvalue weighted by Gasteiger charge is 2.18. The van der Waals surface area contributed by atoms with E-state index in [0.717, 1.165) is 19.8 Å². The average Bonchev–Trinajstić information content (AvgIpc) is 2.47.